The highest BCUT2D eigenvalue weighted by Crippen LogP contribution is 2.48. The molecule has 2 aromatic rings. The number of piperidine rings is 1. The number of carbonyl (C=O) groups is 3. The van der Waals surface area contributed by atoms with Crippen molar-refractivity contribution >= 4 is 41.0 Å². The monoisotopic (exact) mass is 519 g/mol. The topological polar surface area (TPSA) is 83.9 Å². The number of aliphatic carboxylic acids is 1. The molecule has 1 fully saturated rings. The summed E-state index contributed by atoms with van der Waals surface area (Å²) < 4.78 is 5.39. The summed E-state index contributed by atoms with van der Waals surface area (Å²) in [5.41, 5.74) is 1.68. The largest absolute Gasteiger partial charge is 0.481 e. The van der Waals surface area contributed by atoms with Gasteiger partial charge in [-0.05, 0) is 61.1 Å². The third-order valence-electron chi connectivity index (χ3n) is 6.32. The van der Waals surface area contributed by atoms with Crippen molar-refractivity contribution in [1.29, 1.82) is 0 Å². The molecular weight excluding hydrogens is 489 g/mol. The summed E-state index contributed by atoms with van der Waals surface area (Å²) in [6.07, 6.45) is 0.375. The molecule has 1 aliphatic rings. The Morgan fingerprint density at radius 1 is 1.09 bits per heavy atom. The molecule has 6 nitrogen and oxygen atoms in total. The van der Waals surface area contributed by atoms with Crippen LogP contribution in [0.25, 0.3) is 0 Å². The maximum atomic E-state index is 13.9. The number of nitrogens with zero attached hydrogens (tertiary/aromatic N) is 1. The van der Waals surface area contributed by atoms with Crippen molar-refractivity contribution in [3.63, 3.8) is 0 Å². The number of carbonyl (C=O) groups excluding carboxylic acids is 2. The summed E-state index contributed by atoms with van der Waals surface area (Å²) >= 11 is 12.5. The van der Waals surface area contributed by atoms with E-state index in [1.165, 1.54) is 0 Å². The normalized spacial score (nSPS) is 21.1. The molecule has 0 spiro atoms. The van der Waals surface area contributed by atoms with Crippen LogP contribution in [0.1, 0.15) is 63.1 Å². The minimum absolute atomic E-state index is 0.0903. The quantitative estimate of drug-likeness (QED) is 0.403. The molecule has 0 saturated carbocycles. The average molecular weight is 520 g/mol. The fourth-order valence-corrected chi connectivity index (χ4v) is 5.25. The smallest absolute Gasteiger partial charge is 0.328 e. The van der Waals surface area contributed by atoms with E-state index >= 15 is 0 Å². The molecule has 0 aliphatic carbocycles. The molecule has 1 amide bonds. The second-order valence-corrected chi connectivity index (χ2v) is 10.2. The van der Waals surface area contributed by atoms with Crippen LogP contribution in [0.5, 0.6) is 0 Å². The highest BCUT2D eigenvalue weighted by Gasteiger charge is 2.48. The van der Waals surface area contributed by atoms with Gasteiger partial charge in [-0.3, -0.25) is 9.59 Å². The number of likely N-dealkylation sites (tertiary alicyclic amines) is 1. The summed E-state index contributed by atoms with van der Waals surface area (Å²) in [5.74, 6) is -2.90. The van der Waals surface area contributed by atoms with Gasteiger partial charge in [-0.15, -0.1) is 0 Å². The Kier molecular flexibility index (Phi) is 9.20. The van der Waals surface area contributed by atoms with E-state index in [0.29, 0.717) is 22.9 Å². The zero-order valence-electron chi connectivity index (χ0n) is 20.1. The Morgan fingerprint density at radius 3 is 2.34 bits per heavy atom. The van der Waals surface area contributed by atoms with E-state index in [1.807, 2.05) is 44.2 Å². The molecule has 1 saturated heterocycles. The minimum Gasteiger partial charge on any atom is -0.481 e. The lowest BCUT2D eigenvalue weighted by molar-refractivity contribution is -0.164. The number of carboxylic acids is 1. The first-order valence-electron chi connectivity index (χ1n) is 11.8. The lowest BCUT2D eigenvalue weighted by atomic mass is 9.74. The van der Waals surface area contributed by atoms with Crippen molar-refractivity contribution in [1.82, 2.24) is 4.90 Å². The zero-order valence-corrected chi connectivity index (χ0v) is 21.6. The first-order valence-corrected chi connectivity index (χ1v) is 12.6. The lowest BCUT2D eigenvalue weighted by Crippen LogP contribution is -2.55. The molecule has 2 aromatic carbocycles. The SMILES string of the molecule is CCOC(=O)C(CC(C)C)N1C(=O)C(CC(=O)O)CC(c2cccc(Cl)c2)C1c1ccc(Cl)cc1. The molecule has 4 unspecified atom stereocenters. The van der Waals surface area contributed by atoms with E-state index in [9.17, 15) is 19.5 Å². The number of halogens is 2. The van der Waals surface area contributed by atoms with Gasteiger partial charge < -0.3 is 14.7 Å². The van der Waals surface area contributed by atoms with Crippen LogP contribution in [0.2, 0.25) is 10.0 Å². The van der Waals surface area contributed by atoms with Crippen LogP contribution in [-0.4, -0.2) is 40.5 Å². The van der Waals surface area contributed by atoms with Crippen LogP contribution in [0, 0.1) is 11.8 Å². The van der Waals surface area contributed by atoms with Crippen molar-refractivity contribution in [3.8, 4) is 0 Å². The summed E-state index contributed by atoms with van der Waals surface area (Å²) in [5, 5.41) is 10.7. The number of benzene rings is 2. The number of ether oxygens (including phenoxy) is 1. The molecule has 35 heavy (non-hydrogen) atoms. The summed E-state index contributed by atoms with van der Waals surface area (Å²) in [7, 11) is 0. The molecule has 0 aromatic heterocycles. The molecule has 1 N–H and O–H groups in total. The van der Waals surface area contributed by atoms with E-state index in [1.54, 1.807) is 30.0 Å². The molecule has 4 atom stereocenters. The highest BCUT2D eigenvalue weighted by molar-refractivity contribution is 6.30. The van der Waals surface area contributed by atoms with Crippen LogP contribution in [0.15, 0.2) is 48.5 Å². The minimum atomic E-state index is -1.06. The van der Waals surface area contributed by atoms with Crippen molar-refractivity contribution in [2.75, 3.05) is 6.61 Å². The number of hydrogen-bond donors (Lipinski definition) is 1. The van der Waals surface area contributed by atoms with Gasteiger partial charge in [0.15, 0.2) is 0 Å². The predicted molar refractivity (Wildman–Crippen MR) is 135 cm³/mol. The molecular formula is C27H31Cl2NO5. The van der Waals surface area contributed by atoms with Crippen molar-refractivity contribution < 1.29 is 24.2 Å². The van der Waals surface area contributed by atoms with Gasteiger partial charge in [-0.1, -0.05) is 61.3 Å². The van der Waals surface area contributed by atoms with Crippen LogP contribution >= 0.6 is 23.2 Å². The van der Waals surface area contributed by atoms with Gasteiger partial charge in [0, 0.05) is 21.9 Å². The standard InChI is InChI=1S/C27H31Cl2NO5/c1-4-35-27(34)23(12-16(2)3)30-25(17-8-10-20(28)11-9-17)22(18-6-5-7-21(29)13-18)14-19(26(30)33)15-24(31)32/h5-11,13,16,19,22-23,25H,4,12,14-15H2,1-3H3,(H,31,32). The fraction of sp³-hybridized carbons (Fsp3) is 0.444. The number of carboxylic acid groups (broad SMARTS) is 1. The summed E-state index contributed by atoms with van der Waals surface area (Å²) in [6.45, 7) is 5.85. The third-order valence-corrected chi connectivity index (χ3v) is 6.81. The van der Waals surface area contributed by atoms with Gasteiger partial charge in [-0.25, -0.2) is 4.79 Å². The average Bonchev–Trinajstić information content (AvgIpc) is 2.79. The van der Waals surface area contributed by atoms with Gasteiger partial charge in [-0.2, -0.15) is 0 Å². The van der Waals surface area contributed by atoms with E-state index < -0.39 is 29.9 Å². The maximum absolute atomic E-state index is 13.9. The van der Waals surface area contributed by atoms with Gasteiger partial charge in [0.2, 0.25) is 5.91 Å². The maximum Gasteiger partial charge on any atom is 0.328 e. The van der Waals surface area contributed by atoms with E-state index in [0.717, 1.165) is 11.1 Å². The fourth-order valence-electron chi connectivity index (χ4n) is 4.92. The number of amides is 1. The number of hydrogen-bond acceptors (Lipinski definition) is 4. The lowest BCUT2D eigenvalue weighted by Gasteiger charge is -2.47. The van der Waals surface area contributed by atoms with E-state index in [2.05, 4.69) is 0 Å². The second kappa shape index (κ2) is 11.9. The molecule has 0 bridgehead atoms. The molecule has 1 aliphatic heterocycles. The number of esters is 1. The van der Waals surface area contributed by atoms with Gasteiger partial charge in [0.25, 0.3) is 0 Å². The zero-order chi connectivity index (χ0) is 25.7. The number of rotatable bonds is 9. The Labute approximate surface area is 216 Å². The molecule has 8 heteroatoms. The van der Waals surface area contributed by atoms with Crippen LogP contribution < -0.4 is 0 Å². The van der Waals surface area contributed by atoms with Crippen molar-refractivity contribution in [2.45, 2.75) is 58.0 Å². The van der Waals surface area contributed by atoms with E-state index in [4.69, 9.17) is 27.9 Å². The predicted octanol–water partition coefficient (Wildman–Crippen LogP) is 6.12. The molecule has 0 radical (unpaired) electrons. The van der Waals surface area contributed by atoms with Gasteiger partial charge in [0.1, 0.15) is 6.04 Å². The molecule has 1 heterocycles. The first-order chi connectivity index (χ1) is 16.6. The second-order valence-electron chi connectivity index (χ2n) is 9.33. The van der Waals surface area contributed by atoms with Gasteiger partial charge in [0.05, 0.1) is 19.1 Å². The Hall–Kier alpha value is -2.57. The van der Waals surface area contributed by atoms with Crippen LogP contribution in [-0.2, 0) is 19.1 Å². The summed E-state index contributed by atoms with van der Waals surface area (Å²) in [4.78, 5) is 40.4. The Bertz CT molecular complexity index is 1060. The first kappa shape index (κ1) is 27.0. The van der Waals surface area contributed by atoms with Crippen LogP contribution in [0.4, 0.5) is 0 Å². The van der Waals surface area contributed by atoms with Crippen molar-refractivity contribution in [2.24, 2.45) is 11.8 Å². The third kappa shape index (κ3) is 6.56. The summed E-state index contributed by atoms with van der Waals surface area (Å²) in [6, 6.07) is 13.2. The Balaban J connectivity index is 2.23. The van der Waals surface area contributed by atoms with Gasteiger partial charge >= 0.3 is 11.9 Å². The highest BCUT2D eigenvalue weighted by atomic mass is 35.5. The van der Waals surface area contributed by atoms with Crippen molar-refractivity contribution in [3.05, 3.63) is 69.7 Å². The molecule has 188 valence electrons. The molecule has 3 rings (SSSR count). The van der Waals surface area contributed by atoms with E-state index in [-0.39, 0.29) is 30.8 Å². The Morgan fingerprint density at radius 2 is 1.77 bits per heavy atom. The van der Waals surface area contributed by atoms with Crippen LogP contribution in [0.3, 0.4) is 0 Å².